The number of anilines is 1. The van der Waals surface area contributed by atoms with Crippen LogP contribution in [0.3, 0.4) is 0 Å². The van der Waals surface area contributed by atoms with Crippen molar-refractivity contribution >= 4 is 39.2 Å². The number of hydrogen-bond donors (Lipinski definition) is 3. The van der Waals surface area contributed by atoms with Crippen LogP contribution in [0.25, 0.3) is 44.7 Å². The molecule has 0 atom stereocenters. The summed E-state index contributed by atoms with van der Waals surface area (Å²) in [6.45, 7) is 18.5. The minimum absolute atomic E-state index is 0.661. The van der Waals surface area contributed by atoms with Gasteiger partial charge in [0.15, 0.2) is 5.65 Å². The Balaban J connectivity index is 1.49. The van der Waals surface area contributed by atoms with Gasteiger partial charge < -0.3 is 10.3 Å². The average Bonchev–Trinajstić information content (AvgIpc) is 3.69. The molecule has 0 spiro atoms. The Labute approximate surface area is 239 Å². The number of allylic oxidation sites excluding steroid dienone is 4. The van der Waals surface area contributed by atoms with Gasteiger partial charge >= 0.3 is 0 Å². The highest BCUT2D eigenvalue weighted by molar-refractivity contribution is 7.14. The number of aromatic nitrogens is 5. The van der Waals surface area contributed by atoms with Crippen LogP contribution in [0.15, 0.2) is 86.5 Å². The molecule has 7 heteroatoms. The zero-order valence-corrected chi connectivity index (χ0v) is 24.1. The molecule has 0 aromatic carbocycles. The number of hydrogen-bond acceptors (Lipinski definition) is 5. The molecule has 5 rings (SSSR count). The molecule has 0 radical (unpaired) electrons. The van der Waals surface area contributed by atoms with Crippen LogP contribution in [0, 0.1) is 6.92 Å². The predicted octanol–water partition coefficient (Wildman–Crippen LogP) is 9.15. The van der Waals surface area contributed by atoms with Crippen molar-refractivity contribution in [2.24, 2.45) is 0 Å². The number of nitrogens with zero attached hydrogens (tertiary/aromatic N) is 3. The lowest BCUT2D eigenvalue weighted by Gasteiger charge is -2.10. The summed E-state index contributed by atoms with van der Waals surface area (Å²) >= 11 is 1.73. The van der Waals surface area contributed by atoms with Gasteiger partial charge in [0.25, 0.3) is 0 Å². The molecule has 0 unspecified atom stereocenters. The van der Waals surface area contributed by atoms with E-state index < -0.39 is 0 Å². The molecule has 0 amide bonds. The van der Waals surface area contributed by atoms with Crippen LogP contribution in [-0.4, -0.2) is 25.1 Å². The van der Waals surface area contributed by atoms with E-state index in [9.17, 15) is 0 Å². The van der Waals surface area contributed by atoms with E-state index in [-0.39, 0.29) is 0 Å². The van der Waals surface area contributed by atoms with Crippen LogP contribution in [0.2, 0.25) is 0 Å². The van der Waals surface area contributed by atoms with Crippen LogP contribution in [0.1, 0.15) is 54.1 Å². The van der Waals surface area contributed by atoms with Gasteiger partial charge in [-0.05, 0) is 62.6 Å². The third kappa shape index (κ3) is 5.60. The molecule has 202 valence electrons. The summed E-state index contributed by atoms with van der Waals surface area (Å²) in [5, 5.41) is 12.0. The molecular formula is C33H34N6S. The first kappa shape index (κ1) is 27.1. The highest BCUT2D eigenvalue weighted by Crippen LogP contribution is 2.37. The summed E-state index contributed by atoms with van der Waals surface area (Å²) < 4.78 is 0. The van der Waals surface area contributed by atoms with Crippen molar-refractivity contribution < 1.29 is 0 Å². The summed E-state index contributed by atoms with van der Waals surface area (Å²) in [5.74, 6) is 0. The summed E-state index contributed by atoms with van der Waals surface area (Å²) in [4.78, 5) is 15.0. The lowest BCUT2D eigenvalue weighted by Crippen LogP contribution is -1.98. The first-order valence-corrected chi connectivity index (χ1v) is 14.2. The number of fused-ring (bicyclic) bond motifs is 1. The maximum absolute atomic E-state index is 4.64. The minimum atomic E-state index is 0.661. The Hall–Kier alpha value is -4.49. The van der Waals surface area contributed by atoms with Crippen LogP contribution < -0.4 is 5.32 Å². The van der Waals surface area contributed by atoms with Crippen molar-refractivity contribution in [3.8, 4) is 22.5 Å². The number of nitrogens with one attached hydrogen (secondary N) is 3. The monoisotopic (exact) mass is 546 g/mol. The molecule has 0 aliphatic heterocycles. The SMILES string of the molecule is C=C/C=C(/c1ccc(C(=C)C)s1)c1cc(-c2[nH]nc3ncc(-c4cncc(NC(=C)CCCC)c4)cc23)[nH]c1C. The van der Waals surface area contributed by atoms with E-state index in [1.165, 1.54) is 9.75 Å². The Morgan fingerprint density at radius 3 is 2.62 bits per heavy atom. The number of H-pyrrole nitrogens is 2. The van der Waals surface area contributed by atoms with Gasteiger partial charge in [0.05, 0.1) is 23.3 Å². The first-order valence-electron chi connectivity index (χ1n) is 13.4. The lowest BCUT2D eigenvalue weighted by molar-refractivity contribution is 0.791. The largest absolute Gasteiger partial charge is 0.358 e. The van der Waals surface area contributed by atoms with Gasteiger partial charge in [0.2, 0.25) is 0 Å². The smallest absolute Gasteiger partial charge is 0.181 e. The van der Waals surface area contributed by atoms with E-state index in [0.29, 0.717) is 5.65 Å². The van der Waals surface area contributed by atoms with E-state index >= 15 is 0 Å². The highest BCUT2D eigenvalue weighted by Gasteiger charge is 2.18. The van der Waals surface area contributed by atoms with Crippen molar-refractivity contribution in [3.05, 3.63) is 108 Å². The number of aryl methyl sites for hydroxylation is 1. The van der Waals surface area contributed by atoms with Crippen LogP contribution >= 0.6 is 11.3 Å². The van der Waals surface area contributed by atoms with E-state index in [0.717, 1.165) is 81.0 Å². The normalized spacial score (nSPS) is 11.6. The van der Waals surface area contributed by atoms with Crippen molar-refractivity contribution in [3.63, 3.8) is 0 Å². The fraction of sp³-hybridized carbons (Fsp3) is 0.182. The van der Waals surface area contributed by atoms with Crippen molar-refractivity contribution in [1.82, 2.24) is 25.1 Å². The summed E-state index contributed by atoms with van der Waals surface area (Å²) in [6.07, 6.45) is 12.6. The fourth-order valence-electron chi connectivity index (χ4n) is 4.69. The lowest BCUT2D eigenvalue weighted by atomic mass is 10.0. The van der Waals surface area contributed by atoms with E-state index in [2.05, 4.69) is 100 Å². The quantitative estimate of drug-likeness (QED) is 0.144. The Morgan fingerprint density at radius 2 is 1.88 bits per heavy atom. The second kappa shape index (κ2) is 11.7. The number of unbranched alkanes of at least 4 members (excludes halogenated alkanes) is 1. The summed E-state index contributed by atoms with van der Waals surface area (Å²) in [5.41, 5.74) is 10.7. The van der Waals surface area contributed by atoms with Gasteiger partial charge in [-0.15, -0.1) is 11.3 Å². The zero-order chi connectivity index (χ0) is 28.2. The van der Waals surface area contributed by atoms with E-state index in [1.807, 2.05) is 31.6 Å². The molecule has 40 heavy (non-hydrogen) atoms. The topological polar surface area (TPSA) is 82.3 Å². The number of aromatic amines is 2. The minimum Gasteiger partial charge on any atom is -0.358 e. The first-order chi connectivity index (χ1) is 19.4. The molecule has 0 bridgehead atoms. The van der Waals surface area contributed by atoms with Crippen LogP contribution in [-0.2, 0) is 0 Å². The molecule has 3 N–H and O–H groups in total. The van der Waals surface area contributed by atoms with Crippen molar-refractivity contribution in [2.45, 2.75) is 40.0 Å². The maximum atomic E-state index is 4.64. The summed E-state index contributed by atoms with van der Waals surface area (Å²) in [7, 11) is 0. The van der Waals surface area contributed by atoms with Crippen LogP contribution in [0.4, 0.5) is 5.69 Å². The fourth-order valence-corrected chi connectivity index (χ4v) is 5.66. The highest BCUT2D eigenvalue weighted by atomic mass is 32.1. The van der Waals surface area contributed by atoms with Crippen molar-refractivity contribution in [1.29, 1.82) is 0 Å². The summed E-state index contributed by atoms with van der Waals surface area (Å²) in [6, 6.07) is 10.6. The number of pyridine rings is 2. The Morgan fingerprint density at radius 1 is 1.07 bits per heavy atom. The molecule has 0 aliphatic carbocycles. The molecule has 0 fully saturated rings. The number of rotatable bonds is 11. The molecule has 5 heterocycles. The van der Waals surface area contributed by atoms with Gasteiger partial charge in [0, 0.05) is 61.2 Å². The maximum Gasteiger partial charge on any atom is 0.181 e. The van der Waals surface area contributed by atoms with Gasteiger partial charge in [-0.1, -0.05) is 45.2 Å². The van der Waals surface area contributed by atoms with E-state index in [4.69, 9.17) is 0 Å². The second-order valence-corrected chi connectivity index (χ2v) is 11.1. The molecule has 5 aromatic rings. The average molecular weight is 547 g/mol. The van der Waals surface area contributed by atoms with Crippen LogP contribution in [0.5, 0.6) is 0 Å². The van der Waals surface area contributed by atoms with Gasteiger partial charge in [-0.25, -0.2) is 4.98 Å². The standard InChI is InChI=1S/C33H34N6S/c1-7-9-11-21(5)36-25-14-23(17-34-19-25)24-15-28-32(38-39-33(28)35-18-24)29-16-27(22(6)37-29)26(10-8-2)31-13-12-30(40-31)20(3)4/h8,10,12-19,36-37H,2-3,5,7,9,11H2,1,4,6H3,(H,35,38,39)/b26-10+. The third-order valence-corrected chi connectivity index (χ3v) is 8.07. The molecule has 0 aliphatic rings. The Kier molecular flexibility index (Phi) is 7.94. The second-order valence-electron chi connectivity index (χ2n) is 9.97. The molecule has 5 aromatic heterocycles. The molecule has 6 nitrogen and oxygen atoms in total. The van der Waals surface area contributed by atoms with Gasteiger partial charge in [-0.3, -0.25) is 10.1 Å². The zero-order valence-electron chi connectivity index (χ0n) is 23.3. The molecule has 0 saturated carbocycles. The van der Waals surface area contributed by atoms with Gasteiger partial charge in [-0.2, -0.15) is 5.10 Å². The number of thiophene rings is 1. The van der Waals surface area contributed by atoms with E-state index in [1.54, 1.807) is 11.3 Å². The predicted molar refractivity (Wildman–Crippen MR) is 170 cm³/mol. The Bertz CT molecular complexity index is 1750. The van der Waals surface area contributed by atoms with Crippen molar-refractivity contribution in [2.75, 3.05) is 5.32 Å². The van der Waals surface area contributed by atoms with Gasteiger partial charge in [0.1, 0.15) is 0 Å². The molecule has 0 saturated heterocycles. The molecular weight excluding hydrogens is 512 g/mol. The third-order valence-electron chi connectivity index (χ3n) is 6.79.